The Balaban J connectivity index is 2.75. The van der Waals surface area contributed by atoms with Crippen molar-refractivity contribution < 1.29 is 8.42 Å². The summed E-state index contributed by atoms with van der Waals surface area (Å²) in [4.78, 5) is 0.295. The van der Waals surface area contributed by atoms with Crippen LogP contribution < -0.4 is 4.72 Å². The molecule has 3 nitrogen and oxygen atoms in total. The minimum atomic E-state index is -3.42. The van der Waals surface area contributed by atoms with Crippen LogP contribution in [0.5, 0.6) is 0 Å². The second-order valence-corrected chi connectivity index (χ2v) is 5.63. The SMILES string of the molecule is C=CC(CCCC)NS(=O)(=O)c1ccccc1. The lowest BCUT2D eigenvalue weighted by atomic mass is 10.1. The molecule has 0 aliphatic carbocycles. The molecule has 0 amide bonds. The first-order valence-corrected chi connectivity index (χ1v) is 7.28. The first kappa shape index (κ1) is 13.9. The zero-order chi connectivity index (χ0) is 12.7. The van der Waals surface area contributed by atoms with E-state index in [4.69, 9.17) is 0 Å². The maximum atomic E-state index is 12.0. The molecule has 1 aromatic carbocycles. The highest BCUT2D eigenvalue weighted by Crippen LogP contribution is 2.10. The first-order valence-electron chi connectivity index (χ1n) is 5.80. The molecule has 0 saturated carbocycles. The fraction of sp³-hybridized carbons (Fsp3) is 0.385. The average Bonchev–Trinajstić information content (AvgIpc) is 2.35. The van der Waals surface area contributed by atoms with Gasteiger partial charge in [-0.2, -0.15) is 0 Å². The van der Waals surface area contributed by atoms with Gasteiger partial charge in [-0.1, -0.05) is 44.0 Å². The second kappa shape index (κ2) is 6.57. The van der Waals surface area contributed by atoms with E-state index in [1.54, 1.807) is 36.4 Å². The summed E-state index contributed by atoms with van der Waals surface area (Å²) in [6.45, 7) is 5.74. The van der Waals surface area contributed by atoms with Crippen LogP contribution in [0.15, 0.2) is 47.9 Å². The third-order valence-corrected chi connectivity index (χ3v) is 4.02. The molecule has 0 spiro atoms. The van der Waals surface area contributed by atoms with Crippen molar-refractivity contribution in [1.82, 2.24) is 4.72 Å². The first-order chi connectivity index (χ1) is 8.10. The lowest BCUT2D eigenvalue weighted by Crippen LogP contribution is -2.33. The van der Waals surface area contributed by atoms with E-state index < -0.39 is 10.0 Å². The number of sulfonamides is 1. The Morgan fingerprint density at radius 1 is 1.35 bits per heavy atom. The van der Waals surface area contributed by atoms with Crippen molar-refractivity contribution in [2.45, 2.75) is 37.1 Å². The largest absolute Gasteiger partial charge is 0.241 e. The van der Waals surface area contributed by atoms with Gasteiger partial charge in [-0.05, 0) is 18.6 Å². The fourth-order valence-corrected chi connectivity index (χ4v) is 2.78. The van der Waals surface area contributed by atoms with Gasteiger partial charge in [0.25, 0.3) is 0 Å². The molecule has 1 unspecified atom stereocenters. The number of nitrogens with one attached hydrogen (secondary N) is 1. The van der Waals surface area contributed by atoms with Crippen LogP contribution in [0.4, 0.5) is 0 Å². The predicted octanol–water partition coefficient (Wildman–Crippen LogP) is 2.71. The van der Waals surface area contributed by atoms with E-state index >= 15 is 0 Å². The molecule has 0 bridgehead atoms. The minimum absolute atomic E-state index is 0.194. The molecule has 1 aromatic rings. The Hall–Kier alpha value is -1.13. The fourth-order valence-electron chi connectivity index (χ4n) is 1.52. The van der Waals surface area contributed by atoms with Gasteiger partial charge >= 0.3 is 0 Å². The molecule has 1 rings (SSSR count). The van der Waals surface area contributed by atoms with Gasteiger partial charge in [0.1, 0.15) is 0 Å². The number of hydrogen-bond acceptors (Lipinski definition) is 2. The average molecular weight is 253 g/mol. The monoisotopic (exact) mass is 253 g/mol. The molecule has 0 aliphatic heterocycles. The van der Waals surface area contributed by atoms with Crippen LogP contribution in [-0.2, 0) is 10.0 Å². The predicted molar refractivity (Wildman–Crippen MR) is 70.3 cm³/mol. The van der Waals surface area contributed by atoms with Crippen LogP contribution in [0.3, 0.4) is 0 Å². The Kier molecular flexibility index (Phi) is 5.38. The van der Waals surface area contributed by atoms with Crippen LogP contribution in [0.1, 0.15) is 26.2 Å². The van der Waals surface area contributed by atoms with E-state index in [2.05, 4.69) is 18.2 Å². The molecule has 0 heterocycles. The maximum Gasteiger partial charge on any atom is 0.241 e. The molecule has 0 aliphatic rings. The summed E-state index contributed by atoms with van der Waals surface area (Å²) in [7, 11) is -3.42. The summed E-state index contributed by atoms with van der Waals surface area (Å²) in [5.41, 5.74) is 0. The topological polar surface area (TPSA) is 46.2 Å². The van der Waals surface area contributed by atoms with Crippen molar-refractivity contribution in [3.05, 3.63) is 43.0 Å². The number of unbranched alkanes of at least 4 members (excludes halogenated alkanes) is 1. The Bertz CT molecular complexity index is 440. The molecular weight excluding hydrogens is 234 g/mol. The molecule has 1 N–H and O–H groups in total. The lowest BCUT2D eigenvalue weighted by molar-refractivity contribution is 0.554. The number of hydrogen-bond donors (Lipinski definition) is 1. The van der Waals surface area contributed by atoms with E-state index in [-0.39, 0.29) is 6.04 Å². The summed E-state index contributed by atoms with van der Waals surface area (Å²) in [6.07, 6.45) is 4.45. The third kappa shape index (κ3) is 4.32. The van der Waals surface area contributed by atoms with Crippen LogP contribution in [0, 0.1) is 0 Å². The summed E-state index contributed by atoms with van der Waals surface area (Å²) in [5.74, 6) is 0. The molecule has 4 heteroatoms. The molecule has 0 aromatic heterocycles. The van der Waals surface area contributed by atoms with E-state index in [9.17, 15) is 8.42 Å². The van der Waals surface area contributed by atoms with Crippen LogP contribution in [0.25, 0.3) is 0 Å². The van der Waals surface area contributed by atoms with E-state index in [0.29, 0.717) is 4.90 Å². The summed E-state index contributed by atoms with van der Waals surface area (Å²) < 4.78 is 26.7. The van der Waals surface area contributed by atoms with Crippen molar-refractivity contribution >= 4 is 10.0 Å². The zero-order valence-electron chi connectivity index (χ0n) is 10.1. The Morgan fingerprint density at radius 2 is 2.00 bits per heavy atom. The van der Waals surface area contributed by atoms with Crippen LogP contribution in [-0.4, -0.2) is 14.5 Å². The molecule has 0 saturated heterocycles. The van der Waals surface area contributed by atoms with Crippen molar-refractivity contribution in [2.24, 2.45) is 0 Å². The van der Waals surface area contributed by atoms with Gasteiger partial charge < -0.3 is 0 Å². The zero-order valence-corrected chi connectivity index (χ0v) is 10.9. The molecule has 1 atom stereocenters. The maximum absolute atomic E-state index is 12.0. The van der Waals surface area contributed by atoms with Gasteiger partial charge in [0.15, 0.2) is 0 Å². The van der Waals surface area contributed by atoms with Gasteiger partial charge in [0.2, 0.25) is 10.0 Å². The Labute approximate surface area is 104 Å². The van der Waals surface area contributed by atoms with E-state index in [1.807, 2.05) is 0 Å². The van der Waals surface area contributed by atoms with Crippen LogP contribution in [0.2, 0.25) is 0 Å². The minimum Gasteiger partial charge on any atom is -0.207 e. The molecule has 94 valence electrons. The smallest absolute Gasteiger partial charge is 0.207 e. The molecule has 17 heavy (non-hydrogen) atoms. The highest BCUT2D eigenvalue weighted by atomic mass is 32.2. The lowest BCUT2D eigenvalue weighted by Gasteiger charge is -2.14. The van der Waals surface area contributed by atoms with Crippen LogP contribution >= 0.6 is 0 Å². The van der Waals surface area contributed by atoms with Crippen molar-refractivity contribution in [3.63, 3.8) is 0 Å². The van der Waals surface area contributed by atoms with Crippen molar-refractivity contribution in [2.75, 3.05) is 0 Å². The summed E-state index contributed by atoms with van der Waals surface area (Å²) >= 11 is 0. The van der Waals surface area contributed by atoms with Crippen molar-refractivity contribution in [3.8, 4) is 0 Å². The Morgan fingerprint density at radius 3 is 2.53 bits per heavy atom. The quantitative estimate of drug-likeness (QED) is 0.759. The number of benzene rings is 1. The highest BCUT2D eigenvalue weighted by Gasteiger charge is 2.17. The summed E-state index contributed by atoms with van der Waals surface area (Å²) in [6, 6.07) is 8.19. The van der Waals surface area contributed by atoms with E-state index in [0.717, 1.165) is 19.3 Å². The van der Waals surface area contributed by atoms with Gasteiger partial charge in [-0.15, -0.1) is 6.58 Å². The normalized spacial score (nSPS) is 13.2. The van der Waals surface area contributed by atoms with E-state index in [1.165, 1.54) is 0 Å². The molecule has 0 radical (unpaired) electrons. The van der Waals surface area contributed by atoms with Crippen molar-refractivity contribution in [1.29, 1.82) is 0 Å². The standard InChI is InChI=1S/C13H19NO2S/c1-3-5-9-12(4-2)14-17(15,16)13-10-7-6-8-11-13/h4,6-8,10-12,14H,2-3,5,9H2,1H3. The molecule has 0 fully saturated rings. The second-order valence-electron chi connectivity index (χ2n) is 3.92. The molecular formula is C13H19NO2S. The van der Waals surface area contributed by atoms with Gasteiger partial charge in [-0.25, -0.2) is 13.1 Å². The highest BCUT2D eigenvalue weighted by molar-refractivity contribution is 7.89. The summed E-state index contributed by atoms with van der Waals surface area (Å²) in [5, 5.41) is 0. The van der Waals surface area contributed by atoms with Gasteiger partial charge in [-0.3, -0.25) is 0 Å². The number of rotatable bonds is 7. The van der Waals surface area contributed by atoms with Gasteiger partial charge in [0.05, 0.1) is 4.90 Å². The third-order valence-electron chi connectivity index (χ3n) is 2.51. The van der Waals surface area contributed by atoms with Gasteiger partial charge in [0, 0.05) is 6.04 Å².